The lowest BCUT2D eigenvalue weighted by Crippen LogP contribution is -2.33. The zero-order valence-corrected chi connectivity index (χ0v) is 13.7. The van der Waals surface area contributed by atoms with E-state index in [2.05, 4.69) is 10.3 Å². The molecule has 0 saturated carbocycles. The van der Waals surface area contributed by atoms with Gasteiger partial charge in [0.1, 0.15) is 11.6 Å². The number of imidazole rings is 1. The molecule has 0 bridgehead atoms. The summed E-state index contributed by atoms with van der Waals surface area (Å²) in [6, 6.07) is 11.5. The molecule has 130 valence electrons. The average molecular weight is 343 g/mol. The topological polar surface area (TPSA) is 76.1 Å². The molecule has 0 spiro atoms. The number of nitrogens with one attached hydrogen (secondary N) is 2. The number of hydrogen-bond acceptors (Lipinski definition) is 3. The van der Waals surface area contributed by atoms with Gasteiger partial charge in [-0.2, -0.15) is 0 Å². The number of nitrogens with zero attached hydrogens (tertiary/aromatic N) is 1. The molecule has 0 aliphatic carbocycles. The highest BCUT2D eigenvalue weighted by Gasteiger charge is 2.08. The van der Waals surface area contributed by atoms with Crippen molar-refractivity contribution in [3.8, 4) is 5.75 Å². The Morgan fingerprint density at radius 3 is 2.76 bits per heavy atom. The Labute approximate surface area is 143 Å². The van der Waals surface area contributed by atoms with E-state index in [9.17, 15) is 14.0 Å². The van der Waals surface area contributed by atoms with Crippen LogP contribution in [0.15, 0.2) is 47.3 Å². The summed E-state index contributed by atoms with van der Waals surface area (Å²) in [5.74, 6) is -0.0717. The summed E-state index contributed by atoms with van der Waals surface area (Å²) in [5.41, 5.74) is 1.79. The molecule has 7 heteroatoms. The van der Waals surface area contributed by atoms with Crippen LogP contribution in [0.1, 0.15) is 5.56 Å². The van der Waals surface area contributed by atoms with E-state index in [0.717, 1.165) is 5.56 Å². The van der Waals surface area contributed by atoms with E-state index in [1.54, 1.807) is 12.1 Å². The molecule has 0 saturated heterocycles. The number of amides is 1. The van der Waals surface area contributed by atoms with E-state index >= 15 is 0 Å². The highest BCUT2D eigenvalue weighted by molar-refractivity contribution is 5.77. The fourth-order valence-electron chi connectivity index (χ4n) is 2.50. The minimum atomic E-state index is -0.414. The highest BCUT2D eigenvalue weighted by Crippen LogP contribution is 2.12. The molecule has 2 N–H and O–H groups in total. The molecule has 3 rings (SSSR count). The van der Waals surface area contributed by atoms with Crippen molar-refractivity contribution < 1.29 is 13.9 Å². The standard InChI is InChI=1S/C18H18FN3O3/c1-12-2-5-14(6-3-12)25-11-17(23)20-8-9-22-16-7-4-13(19)10-15(16)21-18(22)24/h2-7,10H,8-9,11H2,1H3,(H,20,23)(H,21,24). The number of H-pyrrole nitrogens is 1. The zero-order valence-electron chi connectivity index (χ0n) is 13.7. The van der Waals surface area contributed by atoms with Crippen LogP contribution < -0.4 is 15.7 Å². The van der Waals surface area contributed by atoms with Gasteiger partial charge in [0.05, 0.1) is 11.0 Å². The maximum absolute atomic E-state index is 13.2. The Hall–Kier alpha value is -3.09. The maximum Gasteiger partial charge on any atom is 0.326 e. The number of carbonyl (C=O) groups excluding carboxylic acids is 1. The quantitative estimate of drug-likeness (QED) is 0.718. The van der Waals surface area contributed by atoms with E-state index < -0.39 is 5.82 Å². The summed E-state index contributed by atoms with van der Waals surface area (Å²) in [5, 5.41) is 2.69. The largest absolute Gasteiger partial charge is 0.484 e. The van der Waals surface area contributed by atoms with E-state index in [1.165, 1.54) is 22.8 Å². The molecule has 0 radical (unpaired) electrons. The van der Waals surface area contributed by atoms with E-state index in [4.69, 9.17) is 4.74 Å². The SMILES string of the molecule is Cc1ccc(OCC(=O)NCCn2c(=O)[nH]c3cc(F)ccc32)cc1. The third kappa shape index (κ3) is 4.06. The van der Waals surface area contributed by atoms with Crippen LogP contribution in [0.3, 0.4) is 0 Å². The van der Waals surface area contributed by atoms with Crippen molar-refractivity contribution in [3.05, 3.63) is 64.3 Å². The Bertz CT molecular complexity index is 944. The minimum absolute atomic E-state index is 0.100. The van der Waals surface area contributed by atoms with Crippen LogP contribution in [0.25, 0.3) is 11.0 Å². The van der Waals surface area contributed by atoms with Crippen LogP contribution >= 0.6 is 0 Å². The van der Waals surface area contributed by atoms with Crippen molar-refractivity contribution in [2.45, 2.75) is 13.5 Å². The van der Waals surface area contributed by atoms with Gasteiger partial charge in [-0.25, -0.2) is 9.18 Å². The van der Waals surface area contributed by atoms with E-state index in [0.29, 0.717) is 16.8 Å². The first kappa shape index (κ1) is 16.8. The molecule has 3 aromatic rings. The molecular weight excluding hydrogens is 325 g/mol. The normalized spacial score (nSPS) is 10.8. The highest BCUT2D eigenvalue weighted by atomic mass is 19.1. The lowest BCUT2D eigenvalue weighted by atomic mass is 10.2. The van der Waals surface area contributed by atoms with Gasteiger partial charge in [0.2, 0.25) is 0 Å². The molecule has 1 heterocycles. The monoisotopic (exact) mass is 343 g/mol. The fraction of sp³-hybridized carbons (Fsp3) is 0.222. The number of rotatable bonds is 6. The van der Waals surface area contributed by atoms with Gasteiger partial charge in [0, 0.05) is 13.1 Å². The van der Waals surface area contributed by atoms with Crippen LogP contribution in [0.4, 0.5) is 4.39 Å². The summed E-state index contributed by atoms with van der Waals surface area (Å²) in [4.78, 5) is 26.3. The summed E-state index contributed by atoms with van der Waals surface area (Å²) >= 11 is 0. The van der Waals surface area contributed by atoms with Gasteiger partial charge < -0.3 is 15.0 Å². The van der Waals surface area contributed by atoms with Crippen molar-refractivity contribution in [1.82, 2.24) is 14.9 Å². The molecule has 0 aliphatic rings. The van der Waals surface area contributed by atoms with Gasteiger partial charge in [0.15, 0.2) is 6.61 Å². The van der Waals surface area contributed by atoms with Crippen LogP contribution in [-0.4, -0.2) is 28.6 Å². The van der Waals surface area contributed by atoms with Crippen molar-refractivity contribution in [2.24, 2.45) is 0 Å². The Morgan fingerprint density at radius 2 is 2.00 bits per heavy atom. The van der Waals surface area contributed by atoms with Gasteiger partial charge in [-0.3, -0.25) is 9.36 Å². The molecule has 0 fully saturated rings. The predicted octanol–water partition coefficient (Wildman–Crippen LogP) is 1.97. The molecule has 1 aromatic heterocycles. The number of halogens is 1. The fourth-order valence-corrected chi connectivity index (χ4v) is 2.50. The number of aromatic nitrogens is 2. The Kier molecular flexibility index (Phi) is 4.83. The molecule has 2 aromatic carbocycles. The number of benzene rings is 2. The van der Waals surface area contributed by atoms with Crippen molar-refractivity contribution in [2.75, 3.05) is 13.2 Å². The number of aryl methyl sites for hydroxylation is 1. The summed E-state index contributed by atoms with van der Waals surface area (Å²) in [7, 11) is 0. The number of aromatic amines is 1. The first-order chi connectivity index (χ1) is 12.0. The van der Waals surface area contributed by atoms with Crippen LogP contribution in [0.5, 0.6) is 5.75 Å². The molecule has 0 unspecified atom stereocenters. The first-order valence-electron chi connectivity index (χ1n) is 7.87. The third-order valence-corrected chi connectivity index (χ3v) is 3.78. The summed E-state index contributed by atoms with van der Waals surface area (Å²) in [6.45, 7) is 2.41. The number of ether oxygens (including phenoxy) is 1. The molecule has 0 atom stereocenters. The average Bonchev–Trinajstić information content (AvgIpc) is 2.89. The number of carbonyl (C=O) groups is 1. The van der Waals surface area contributed by atoms with Gasteiger partial charge in [-0.1, -0.05) is 17.7 Å². The van der Waals surface area contributed by atoms with Gasteiger partial charge in [0.25, 0.3) is 5.91 Å². The molecule has 25 heavy (non-hydrogen) atoms. The minimum Gasteiger partial charge on any atom is -0.484 e. The second kappa shape index (κ2) is 7.21. The maximum atomic E-state index is 13.2. The van der Waals surface area contributed by atoms with E-state index in [1.807, 2.05) is 19.1 Å². The number of fused-ring (bicyclic) bond motifs is 1. The molecule has 1 amide bonds. The molecular formula is C18H18FN3O3. The van der Waals surface area contributed by atoms with Crippen molar-refractivity contribution >= 4 is 16.9 Å². The van der Waals surface area contributed by atoms with Gasteiger partial charge >= 0.3 is 5.69 Å². The first-order valence-corrected chi connectivity index (χ1v) is 7.87. The molecule has 6 nitrogen and oxygen atoms in total. The Balaban J connectivity index is 1.52. The Morgan fingerprint density at radius 1 is 1.24 bits per heavy atom. The van der Waals surface area contributed by atoms with Crippen LogP contribution in [0, 0.1) is 12.7 Å². The third-order valence-electron chi connectivity index (χ3n) is 3.78. The zero-order chi connectivity index (χ0) is 17.8. The van der Waals surface area contributed by atoms with Crippen LogP contribution in [-0.2, 0) is 11.3 Å². The van der Waals surface area contributed by atoms with Gasteiger partial charge in [-0.05, 0) is 37.3 Å². The second-order valence-corrected chi connectivity index (χ2v) is 5.69. The second-order valence-electron chi connectivity index (χ2n) is 5.69. The summed E-state index contributed by atoms with van der Waals surface area (Å²) < 4.78 is 20.0. The van der Waals surface area contributed by atoms with Crippen molar-refractivity contribution in [3.63, 3.8) is 0 Å². The lowest BCUT2D eigenvalue weighted by molar-refractivity contribution is -0.123. The molecule has 0 aliphatic heterocycles. The smallest absolute Gasteiger partial charge is 0.326 e. The predicted molar refractivity (Wildman–Crippen MR) is 92.2 cm³/mol. The summed E-state index contributed by atoms with van der Waals surface area (Å²) in [6.07, 6.45) is 0. The van der Waals surface area contributed by atoms with E-state index in [-0.39, 0.29) is 31.3 Å². The van der Waals surface area contributed by atoms with Crippen LogP contribution in [0.2, 0.25) is 0 Å². The lowest BCUT2D eigenvalue weighted by Gasteiger charge is -2.08. The van der Waals surface area contributed by atoms with Gasteiger partial charge in [-0.15, -0.1) is 0 Å². The number of hydrogen-bond donors (Lipinski definition) is 2. The van der Waals surface area contributed by atoms with Crippen molar-refractivity contribution in [1.29, 1.82) is 0 Å².